The molecule has 0 spiro atoms. The van der Waals surface area contributed by atoms with Crippen molar-refractivity contribution in [3.8, 4) is 0 Å². The first-order valence-corrected chi connectivity index (χ1v) is 3.35. The summed E-state index contributed by atoms with van der Waals surface area (Å²) in [6.45, 7) is 0. The highest BCUT2D eigenvalue weighted by atomic mass is 19.3. The quantitative estimate of drug-likeness (QED) is 0.676. The molecule has 6 heteroatoms. The van der Waals surface area contributed by atoms with Crippen molar-refractivity contribution in [2.24, 2.45) is 0 Å². The van der Waals surface area contributed by atoms with Crippen LogP contribution in [0.1, 0.15) is 22.5 Å². The van der Waals surface area contributed by atoms with Crippen molar-refractivity contribution in [3.05, 3.63) is 17.3 Å². The van der Waals surface area contributed by atoms with Gasteiger partial charge in [-0.3, -0.25) is 4.79 Å². The molecule has 4 N–H and O–H groups in total. The van der Waals surface area contributed by atoms with Crippen LogP contribution in [0.5, 0.6) is 0 Å². The topological polar surface area (TPSA) is 82.0 Å². The zero-order valence-corrected chi connectivity index (χ0v) is 6.50. The van der Waals surface area contributed by atoms with E-state index < -0.39 is 12.1 Å². The summed E-state index contributed by atoms with van der Waals surface area (Å²) >= 11 is 0. The molecular weight excluding hydrogens is 180 g/mol. The van der Waals surface area contributed by atoms with Crippen LogP contribution >= 0.6 is 0 Å². The van der Waals surface area contributed by atoms with E-state index in [0.717, 1.165) is 6.07 Å². The number of carbonyl (C=O) groups excluding carboxylic acids is 1. The van der Waals surface area contributed by atoms with Crippen molar-refractivity contribution in [1.29, 1.82) is 0 Å². The number of hydrogen-bond acceptors (Lipinski definition) is 4. The van der Waals surface area contributed by atoms with Crippen molar-refractivity contribution < 1.29 is 13.6 Å². The van der Waals surface area contributed by atoms with Crippen LogP contribution in [0.2, 0.25) is 0 Å². The van der Waals surface area contributed by atoms with Gasteiger partial charge in [-0.2, -0.15) is 0 Å². The molecule has 0 saturated heterocycles. The number of pyridine rings is 1. The molecule has 0 unspecified atom stereocenters. The van der Waals surface area contributed by atoms with E-state index in [-0.39, 0.29) is 17.1 Å². The van der Waals surface area contributed by atoms with Gasteiger partial charge in [0.05, 0.1) is 5.69 Å². The third-order valence-electron chi connectivity index (χ3n) is 1.47. The maximum Gasteiger partial charge on any atom is 0.282 e. The minimum absolute atomic E-state index is 0.0669. The van der Waals surface area contributed by atoms with Crippen LogP contribution in [0, 0.1) is 0 Å². The summed E-state index contributed by atoms with van der Waals surface area (Å²) in [4.78, 5) is 13.7. The third-order valence-corrected chi connectivity index (χ3v) is 1.47. The van der Waals surface area contributed by atoms with E-state index in [4.69, 9.17) is 11.5 Å². The molecule has 0 bridgehead atoms. The number of nitrogen functional groups attached to an aromatic ring is 2. The number of halogens is 2. The van der Waals surface area contributed by atoms with Crippen molar-refractivity contribution >= 4 is 17.8 Å². The highest BCUT2D eigenvalue weighted by Gasteiger charge is 2.16. The molecule has 0 aromatic carbocycles. The van der Waals surface area contributed by atoms with E-state index in [1.54, 1.807) is 0 Å². The summed E-state index contributed by atoms with van der Waals surface area (Å²) in [5.41, 5.74) is 9.38. The zero-order valence-electron chi connectivity index (χ0n) is 6.50. The van der Waals surface area contributed by atoms with Crippen LogP contribution < -0.4 is 11.5 Å². The zero-order chi connectivity index (χ0) is 10.0. The highest BCUT2D eigenvalue weighted by molar-refractivity contribution is 5.85. The first-order valence-electron chi connectivity index (χ1n) is 3.35. The van der Waals surface area contributed by atoms with Gasteiger partial charge in [-0.05, 0) is 6.07 Å². The molecule has 0 aliphatic rings. The molecule has 1 heterocycles. The lowest BCUT2D eigenvalue weighted by Crippen LogP contribution is -2.05. The number of aldehydes is 1. The van der Waals surface area contributed by atoms with E-state index in [2.05, 4.69) is 4.98 Å². The van der Waals surface area contributed by atoms with E-state index in [9.17, 15) is 13.6 Å². The van der Waals surface area contributed by atoms with Crippen LogP contribution in [0.15, 0.2) is 6.07 Å². The smallest absolute Gasteiger partial charge is 0.282 e. The summed E-state index contributed by atoms with van der Waals surface area (Å²) in [5.74, 6) is -0.147. The molecule has 70 valence electrons. The van der Waals surface area contributed by atoms with Crippen LogP contribution in [0.4, 0.5) is 20.3 Å². The molecular formula is C7H7F2N3O. The van der Waals surface area contributed by atoms with E-state index >= 15 is 0 Å². The molecule has 4 nitrogen and oxygen atoms in total. The Bertz CT molecular complexity index is 341. The number of nitrogens with two attached hydrogens (primary N) is 2. The molecule has 0 aliphatic heterocycles. The second-order valence-corrected chi connectivity index (χ2v) is 2.35. The fraction of sp³-hybridized carbons (Fsp3) is 0.143. The summed E-state index contributed by atoms with van der Waals surface area (Å²) in [7, 11) is 0. The Morgan fingerprint density at radius 1 is 1.46 bits per heavy atom. The Balaban J connectivity index is 3.35. The fourth-order valence-electron chi connectivity index (χ4n) is 0.880. The average Bonchev–Trinajstić information content (AvgIpc) is 2.08. The van der Waals surface area contributed by atoms with Gasteiger partial charge in [0.1, 0.15) is 11.5 Å². The SMILES string of the molecule is Nc1cc(C=O)c(N)c(C(F)F)n1. The number of anilines is 2. The Kier molecular flexibility index (Phi) is 2.41. The van der Waals surface area contributed by atoms with Gasteiger partial charge in [-0.15, -0.1) is 0 Å². The second-order valence-electron chi connectivity index (χ2n) is 2.35. The summed E-state index contributed by atoms with van der Waals surface area (Å²) < 4.78 is 24.4. The maximum absolute atomic E-state index is 12.2. The summed E-state index contributed by atoms with van der Waals surface area (Å²) in [6.07, 6.45) is -2.47. The van der Waals surface area contributed by atoms with Crippen LogP contribution in [-0.4, -0.2) is 11.3 Å². The van der Waals surface area contributed by atoms with Crippen molar-refractivity contribution in [3.63, 3.8) is 0 Å². The van der Waals surface area contributed by atoms with Gasteiger partial charge in [-0.25, -0.2) is 13.8 Å². The number of aromatic nitrogens is 1. The van der Waals surface area contributed by atoms with Crippen molar-refractivity contribution in [2.75, 3.05) is 11.5 Å². The Morgan fingerprint density at radius 3 is 2.54 bits per heavy atom. The Labute approximate surface area is 72.6 Å². The monoisotopic (exact) mass is 187 g/mol. The van der Waals surface area contributed by atoms with Crippen LogP contribution in [0.25, 0.3) is 0 Å². The Morgan fingerprint density at radius 2 is 2.08 bits per heavy atom. The van der Waals surface area contributed by atoms with Gasteiger partial charge < -0.3 is 11.5 Å². The number of hydrogen-bond donors (Lipinski definition) is 2. The van der Waals surface area contributed by atoms with E-state index in [1.165, 1.54) is 0 Å². The minimum Gasteiger partial charge on any atom is -0.396 e. The molecule has 1 aromatic rings. The van der Waals surface area contributed by atoms with Gasteiger partial charge in [0.25, 0.3) is 6.43 Å². The lowest BCUT2D eigenvalue weighted by Gasteiger charge is -2.06. The molecule has 13 heavy (non-hydrogen) atoms. The molecule has 0 fully saturated rings. The molecule has 1 rings (SSSR count). The van der Waals surface area contributed by atoms with Gasteiger partial charge in [0, 0.05) is 5.56 Å². The molecule has 0 aliphatic carbocycles. The minimum atomic E-state index is -2.83. The van der Waals surface area contributed by atoms with Crippen LogP contribution in [0.3, 0.4) is 0 Å². The molecule has 0 radical (unpaired) electrons. The fourth-order valence-corrected chi connectivity index (χ4v) is 0.880. The van der Waals surface area contributed by atoms with Gasteiger partial charge in [0.15, 0.2) is 6.29 Å². The van der Waals surface area contributed by atoms with Crippen molar-refractivity contribution in [2.45, 2.75) is 6.43 Å². The largest absolute Gasteiger partial charge is 0.396 e. The van der Waals surface area contributed by atoms with E-state index in [1.807, 2.05) is 0 Å². The first kappa shape index (κ1) is 9.37. The van der Waals surface area contributed by atoms with Gasteiger partial charge in [0.2, 0.25) is 0 Å². The first-order chi connectivity index (χ1) is 6.06. The molecule has 0 atom stereocenters. The number of rotatable bonds is 2. The van der Waals surface area contributed by atoms with Crippen LogP contribution in [-0.2, 0) is 0 Å². The highest BCUT2D eigenvalue weighted by Crippen LogP contribution is 2.26. The molecule has 0 amide bonds. The predicted octanol–water partition coefficient (Wildman–Crippen LogP) is 0.996. The molecule has 1 aromatic heterocycles. The summed E-state index contributed by atoms with van der Waals surface area (Å²) in [5, 5.41) is 0. The number of carbonyl (C=O) groups is 1. The maximum atomic E-state index is 12.2. The van der Waals surface area contributed by atoms with Crippen molar-refractivity contribution in [1.82, 2.24) is 4.98 Å². The predicted molar refractivity (Wildman–Crippen MR) is 43.4 cm³/mol. The lowest BCUT2D eigenvalue weighted by atomic mass is 10.2. The number of nitrogens with zero attached hydrogens (tertiary/aromatic N) is 1. The number of alkyl halides is 2. The van der Waals surface area contributed by atoms with Gasteiger partial charge >= 0.3 is 0 Å². The Hall–Kier alpha value is -1.72. The van der Waals surface area contributed by atoms with E-state index in [0.29, 0.717) is 6.29 Å². The normalized spacial score (nSPS) is 10.4. The average molecular weight is 187 g/mol. The standard InChI is InChI=1S/C7H7F2N3O/c8-7(9)6-5(11)3(2-13)1-4(10)12-6/h1-2,7H,11H2,(H2,10,12). The molecule has 0 saturated carbocycles. The third kappa shape index (κ3) is 1.71. The van der Waals surface area contributed by atoms with Gasteiger partial charge in [-0.1, -0.05) is 0 Å². The second kappa shape index (κ2) is 3.34. The summed E-state index contributed by atoms with van der Waals surface area (Å²) in [6, 6.07) is 1.15. The lowest BCUT2D eigenvalue weighted by molar-refractivity contribution is 0.112.